The van der Waals surface area contributed by atoms with Gasteiger partial charge in [-0.15, -0.1) is 0 Å². The highest BCUT2D eigenvalue weighted by molar-refractivity contribution is 7.89. The van der Waals surface area contributed by atoms with Gasteiger partial charge in [0.2, 0.25) is 10.0 Å². The number of halogens is 3. The minimum Gasteiger partial charge on any atom is -0.479 e. The number of ether oxygens (including phenoxy) is 1. The predicted octanol–water partition coefficient (Wildman–Crippen LogP) is 2.88. The smallest absolute Gasteiger partial charge is 0.417 e. The quantitative estimate of drug-likeness (QED) is 0.704. The first-order valence-corrected chi connectivity index (χ1v) is 11.9. The van der Waals surface area contributed by atoms with E-state index in [1.54, 1.807) is 13.8 Å². The summed E-state index contributed by atoms with van der Waals surface area (Å²) >= 11 is 0. The third kappa shape index (κ3) is 4.34. The normalized spacial score (nSPS) is 19.3. The molecule has 2 aromatic rings. The monoisotopic (exact) mass is 497 g/mol. The Hall–Kier alpha value is -3.12. The van der Waals surface area contributed by atoms with Crippen LogP contribution in [0.3, 0.4) is 0 Å². The number of rotatable bonds is 3. The molecule has 0 unspecified atom stereocenters. The lowest BCUT2D eigenvalue weighted by Gasteiger charge is -2.35. The van der Waals surface area contributed by atoms with E-state index in [1.165, 1.54) is 33.5 Å². The van der Waals surface area contributed by atoms with E-state index in [9.17, 15) is 31.2 Å². The van der Waals surface area contributed by atoms with Crippen LogP contribution in [0.4, 0.5) is 18.9 Å². The fraction of sp³-hybridized carbons (Fsp3) is 0.364. The Morgan fingerprint density at radius 2 is 1.76 bits per heavy atom. The summed E-state index contributed by atoms with van der Waals surface area (Å²) in [6.07, 6.45) is -5.46. The molecule has 1 fully saturated rings. The molecule has 0 saturated carbocycles. The van der Waals surface area contributed by atoms with E-state index in [2.05, 4.69) is 5.32 Å². The summed E-state index contributed by atoms with van der Waals surface area (Å²) in [5.41, 5.74) is -0.723. The molecule has 1 N–H and O–H groups in total. The van der Waals surface area contributed by atoms with Gasteiger partial charge in [0.15, 0.2) is 6.10 Å². The zero-order valence-electron chi connectivity index (χ0n) is 18.3. The second-order valence-electron chi connectivity index (χ2n) is 8.10. The molecular formula is C22H22F3N3O5S. The van der Waals surface area contributed by atoms with E-state index in [0.29, 0.717) is 11.3 Å². The van der Waals surface area contributed by atoms with Gasteiger partial charge in [-0.25, -0.2) is 8.42 Å². The molecule has 12 heteroatoms. The molecule has 0 aromatic heterocycles. The number of carbonyl (C=O) groups excluding carboxylic acids is 2. The first-order valence-electron chi connectivity index (χ1n) is 10.5. The topological polar surface area (TPSA) is 96.0 Å². The zero-order chi connectivity index (χ0) is 24.8. The van der Waals surface area contributed by atoms with Gasteiger partial charge >= 0.3 is 6.18 Å². The van der Waals surface area contributed by atoms with Crippen molar-refractivity contribution in [3.63, 3.8) is 0 Å². The molecule has 0 spiro atoms. The molecule has 182 valence electrons. The molecule has 2 amide bonds. The van der Waals surface area contributed by atoms with E-state index in [1.807, 2.05) is 0 Å². The van der Waals surface area contributed by atoms with Crippen molar-refractivity contribution in [3.05, 3.63) is 53.1 Å². The average molecular weight is 497 g/mol. The van der Waals surface area contributed by atoms with Crippen LogP contribution in [-0.4, -0.2) is 61.7 Å². The summed E-state index contributed by atoms with van der Waals surface area (Å²) in [6, 6.07) is 7.39. The van der Waals surface area contributed by atoms with Gasteiger partial charge in [-0.2, -0.15) is 17.5 Å². The Balaban J connectivity index is 1.52. The number of anilines is 1. The molecule has 0 aliphatic carbocycles. The first-order chi connectivity index (χ1) is 15.9. The van der Waals surface area contributed by atoms with E-state index >= 15 is 0 Å². The molecule has 2 aliphatic rings. The molecule has 2 heterocycles. The molecule has 4 rings (SSSR count). The summed E-state index contributed by atoms with van der Waals surface area (Å²) in [7, 11) is -3.98. The second-order valence-corrected chi connectivity index (χ2v) is 10.0. The van der Waals surface area contributed by atoms with E-state index in [0.717, 1.165) is 12.1 Å². The molecule has 8 nitrogen and oxygen atoms in total. The third-order valence-corrected chi connectivity index (χ3v) is 7.86. The molecule has 1 saturated heterocycles. The number of amides is 2. The highest BCUT2D eigenvalue weighted by atomic mass is 32.2. The fourth-order valence-electron chi connectivity index (χ4n) is 3.98. The van der Waals surface area contributed by atoms with Gasteiger partial charge in [0, 0.05) is 32.2 Å². The molecule has 34 heavy (non-hydrogen) atoms. The van der Waals surface area contributed by atoms with Crippen LogP contribution in [0.5, 0.6) is 5.75 Å². The number of aryl methyl sites for hydroxylation is 1. The Morgan fingerprint density at radius 3 is 2.41 bits per heavy atom. The highest BCUT2D eigenvalue weighted by Crippen LogP contribution is 2.36. The van der Waals surface area contributed by atoms with E-state index in [4.69, 9.17) is 4.74 Å². The second kappa shape index (κ2) is 8.58. The van der Waals surface area contributed by atoms with Gasteiger partial charge in [0.05, 0.1) is 21.7 Å². The summed E-state index contributed by atoms with van der Waals surface area (Å²) in [5.74, 6) is -0.905. The summed E-state index contributed by atoms with van der Waals surface area (Å²) < 4.78 is 73.2. The maximum absolute atomic E-state index is 13.3. The maximum Gasteiger partial charge on any atom is 0.417 e. The lowest BCUT2D eigenvalue weighted by atomic mass is 10.1. The summed E-state index contributed by atoms with van der Waals surface area (Å²) in [6.45, 7) is 2.86. The number of hydrogen-bond donors (Lipinski definition) is 1. The van der Waals surface area contributed by atoms with Crippen LogP contribution in [0.2, 0.25) is 0 Å². The SMILES string of the molecule is Cc1cc2c(cc1S(=O)(=O)N1CCN(C(=O)c3ccccc3C(F)(F)F)CC1)O[C@H](C)C(=O)N2. The van der Waals surface area contributed by atoms with Gasteiger partial charge in [-0.1, -0.05) is 12.1 Å². The number of carbonyl (C=O) groups is 2. The van der Waals surface area contributed by atoms with Crippen LogP contribution in [-0.2, 0) is 21.0 Å². The van der Waals surface area contributed by atoms with Gasteiger partial charge in [-0.05, 0) is 37.6 Å². The Kier molecular flexibility index (Phi) is 6.06. The standard InChI is InChI=1S/C22H22F3N3O5S/c1-13-11-17-18(33-14(2)20(29)26-17)12-19(13)34(31,32)28-9-7-27(8-10-28)21(30)15-5-3-4-6-16(15)22(23,24)25/h3-6,11-12,14H,7-10H2,1-2H3,(H,26,29)/t14-/m1/s1. The van der Waals surface area contributed by atoms with Crippen molar-refractivity contribution >= 4 is 27.5 Å². The van der Waals surface area contributed by atoms with Crippen LogP contribution >= 0.6 is 0 Å². The van der Waals surface area contributed by atoms with Crippen molar-refractivity contribution in [2.45, 2.75) is 31.0 Å². The molecule has 1 atom stereocenters. The molecule has 0 radical (unpaired) electrons. The minimum absolute atomic E-state index is 0.00297. The minimum atomic E-state index is -4.68. The van der Waals surface area contributed by atoms with Crippen molar-refractivity contribution < 1.29 is 35.9 Å². The number of sulfonamides is 1. The Morgan fingerprint density at radius 1 is 1.12 bits per heavy atom. The first kappa shape index (κ1) is 24.0. The highest BCUT2D eigenvalue weighted by Gasteiger charge is 2.38. The van der Waals surface area contributed by atoms with Crippen LogP contribution in [0.25, 0.3) is 0 Å². The fourth-order valence-corrected chi connectivity index (χ4v) is 5.62. The van der Waals surface area contributed by atoms with Gasteiger partial charge in [0.25, 0.3) is 11.8 Å². The maximum atomic E-state index is 13.3. The average Bonchev–Trinajstić information content (AvgIpc) is 2.79. The van der Waals surface area contributed by atoms with Gasteiger partial charge < -0.3 is 15.0 Å². The largest absolute Gasteiger partial charge is 0.479 e. The number of nitrogens with one attached hydrogen (secondary N) is 1. The van der Waals surface area contributed by atoms with Crippen LogP contribution in [0.1, 0.15) is 28.4 Å². The lowest BCUT2D eigenvalue weighted by molar-refractivity contribution is -0.138. The number of alkyl halides is 3. The van der Waals surface area contributed by atoms with Gasteiger partial charge in [-0.3, -0.25) is 9.59 Å². The number of fused-ring (bicyclic) bond motifs is 1. The Labute approximate surface area is 194 Å². The Bertz CT molecular complexity index is 1250. The number of nitrogens with zero attached hydrogens (tertiary/aromatic N) is 2. The number of benzene rings is 2. The molecule has 2 aliphatic heterocycles. The van der Waals surface area contributed by atoms with Crippen molar-refractivity contribution in [3.8, 4) is 5.75 Å². The number of hydrogen-bond acceptors (Lipinski definition) is 5. The lowest BCUT2D eigenvalue weighted by Crippen LogP contribution is -2.50. The van der Waals surface area contributed by atoms with Crippen LogP contribution in [0.15, 0.2) is 41.3 Å². The van der Waals surface area contributed by atoms with Crippen molar-refractivity contribution in [2.24, 2.45) is 0 Å². The zero-order valence-corrected chi connectivity index (χ0v) is 19.2. The third-order valence-electron chi connectivity index (χ3n) is 5.81. The van der Waals surface area contributed by atoms with E-state index in [-0.39, 0.29) is 42.7 Å². The number of piperazine rings is 1. The van der Waals surface area contributed by atoms with Crippen LogP contribution < -0.4 is 10.1 Å². The van der Waals surface area contributed by atoms with Crippen molar-refractivity contribution in [1.29, 1.82) is 0 Å². The summed E-state index contributed by atoms with van der Waals surface area (Å²) in [4.78, 5) is 25.8. The van der Waals surface area contributed by atoms with E-state index < -0.39 is 39.3 Å². The molecule has 0 bridgehead atoms. The summed E-state index contributed by atoms with van der Waals surface area (Å²) in [5, 5.41) is 2.66. The molecule has 2 aromatic carbocycles. The molecular weight excluding hydrogens is 475 g/mol. The van der Waals surface area contributed by atoms with Crippen LogP contribution in [0, 0.1) is 6.92 Å². The van der Waals surface area contributed by atoms with Crippen molar-refractivity contribution in [1.82, 2.24) is 9.21 Å². The predicted molar refractivity (Wildman–Crippen MR) is 116 cm³/mol. The van der Waals surface area contributed by atoms with Crippen molar-refractivity contribution in [2.75, 3.05) is 31.5 Å². The van der Waals surface area contributed by atoms with Gasteiger partial charge in [0.1, 0.15) is 5.75 Å².